The van der Waals surface area contributed by atoms with E-state index in [2.05, 4.69) is 20.4 Å². The fourth-order valence-corrected chi connectivity index (χ4v) is 2.82. The number of amides is 1. The summed E-state index contributed by atoms with van der Waals surface area (Å²) in [5.74, 6) is -0.318. The summed E-state index contributed by atoms with van der Waals surface area (Å²) in [5, 5.41) is 5.29. The monoisotopic (exact) mass is 403 g/mol. The number of H-pyrrole nitrogens is 2. The molecule has 4 aromatic rings. The molecule has 0 radical (unpaired) electrons. The van der Waals surface area contributed by atoms with Crippen molar-refractivity contribution in [2.75, 3.05) is 11.9 Å². The van der Waals surface area contributed by atoms with Crippen LogP contribution in [0.3, 0.4) is 0 Å². The van der Waals surface area contributed by atoms with E-state index in [0.717, 1.165) is 5.56 Å². The van der Waals surface area contributed by atoms with Gasteiger partial charge < -0.3 is 15.0 Å². The lowest BCUT2D eigenvalue weighted by molar-refractivity contribution is -0.119. The maximum absolute atomic E-state index is 12.2. The maximum atomic E-state index is 12.2. The van der Waals surface area contributed by atoms with E-state index in [9.17, 15) is 14.4 Å². The third-order valence-corrected chi connectivity index (χ3v) is 4.24. The topological polar surface area (TPSA) is 122 Å². The second-order valence-electron chi connectivity index (χ2n) is 6.32. The van der Waals surface area contributed by atoms with Gasteiger partial charge in [-0.15, -0.1) is 0 Å². The number of carbonyl (C=O) groups is 2. The predicted octanol–water partition coefficient (Wildman–Crippen LogP) is 2.35. The summed E-state index contributed by atoms with van der Waals surface area (Å²) >= 11 is 0. The van der Waals surface area contributed by atoms with Gasteiger partial charge in [-0.05, 0) is 24.3 Å². The van der Waals surface area contributed by atoms with E-state index in [1.165, 1.54) is 10.7 Å². The number of aromatic amines is 2. The van der Waals surface area contributed by atoms with Gasteiger partial charge in [-0.2, -0.15) is 0 Å². The quantitative estimate of drug-likeness (QED) is 0.427. The van der Waals surface area contributed by atoms with E-state index < -0.39 is 18.5 Å². The number of anilines is 1. The summed E-state index contributed by atoms with van der Waals surface area (Å²) < 4.78 is 6.33. The summed E-state index contributed by atoms with van der Waals surface area (Å²) in [6.45, 7) is -0.489. The molecule has 9 heteroatoms. The van der Waals surface area contributed by atoms with Gasteiger partial charge in [0.1, 0.15) is 11.6 Å². The summed E-state index contributed by atoms with van der Waals surface area (Å²) in [5.41, 5.74) is 1.43. The molecule has 30 heavy (non-hydrogen) atoms. The Morgan fingerprint density at radius 1 is 1.07 bits per heavy atom. The van der Waals surface area contributed by atoms with Crippen molar-refractivity contribution in [1.29, 1.82) is 0 Å². The molecule has 2 heterocycles. The molecule has 0 saturated carbocycles. The zero-order chi connectivity index (χ0) is 20.9. The smallest absolute Gasteiger partial charge is 0.338 e. The highest BCUT2D eigenvalue weighted by atomic mass is 16.5. The van der Waals surface area contributed by atoms with Gasteiger partial charge in [0.2, 0.25) is 0 Å². The molecule has 0 aliphatic carbocycles. The fraction of sp³-hybridized carbons (Fsp3) is 0.0476. The highest BCUT2D eigenvalue weighted by Crippen LogP contribution is 2.15. The highest BCUT2D eigenvalue weighted by molar-refractivity contribution is 5.95. The van der Waals surface area contributed by atoms with Gasteiger partial charge in [0.05, 0.1) is 11.3 Å². The lowest BCUT2D eigenvalue weighted by Gasteiger charge is -2.06. The number of carbonyl (C=O) groups excluding carboxylic acids is 2. The van der Waals surface area contributed by atoms with E-state index in [1.807, 2.05) is 6.07 Å². The van der Waals surface area contributed by atoms with Crippen molar-refractivity contribution >= 4 is 17.7 Å². The van der Waals surface area contributed by atoms with Gasteiger partial charge in [0.15, 0.2) is 6.61 Å². The molecule has 9 nitrogen and oxygen atoms in total. The van der Waals surface area contributed by atoms with Crippen LogP contribution in [0, 0.1) is 0 Å². The molecular formula is C21H17N5O4. The van der Waals surface area contributed by atoms with E-state index >= 15 is 0 Å². The van der Waals surface area contributed by atoms with Gasteiger partial charge in [0.25, 0.3) is 11.5 Å². The van der Waals surface area contributed by atoms with Gasteiger partial charge in [0, 0.05) is 24.0 Å². The van der Waals surface area contributed by atoms with E-state index in [0.29, 0.717) is 17.1 Å². The Labute approximate surface area is 170 Å². The van der Waals surface area contributed by atoms with Crippen LogP contribution in [0.25, 0.3) is 17.1 Å². The summed E-state index contributed by atoms with van der Waals surface area (Å²) in [4.78, 5) is 43.4. The first-order chi connectivity index (χ1) is 14.6. The molecule has 0 saturated heterocycles. The van der Waals surface area contributed by atoms with E-state index in [4.69, 9.17) is 4.74 Å². The number of para-hydroxylation sites is 1. The average Bonchev–Trinajstić information content (AvgIpc) is 3.43. The number of benzene rings is 2. The van der Waals surface area contributed by atoms with Crippen LogP contribution in [0.1, 0.15) is 10.4 Å². The first-order valence-corrected chi connectivity index (χ1v) is 9.04. The van der Waals surface area contributed by atoms with Crippen molar-refractivity contribution in [2.24, 2.45) is 0 Å². The van der Waals surface area contributed by atoms with Crippen LogP contribution in [0.2, 0.25) is 0 Å². The summed E-state index contributed by atoms with van der Waals surface area (Å²) in [6, 6.07) is 16.8. The molecule has 150 valence electrons. The number of hydrogen-bond donors (Lipinski definition) is 3. The van der Waals surface area contributed by atoms with Crippen LogP contribution in [0.4, 0.5) is 5.82 Å². The number of nitrogens with one attached hydrogen (secondary N) is 3. The number of nitrogens with zero attached hydrogens (tertiary/aromatic N) is 2. The maximum Gasteiger partial charge on any atom is 0.338 e. The Kier molecular flexibility index (Phi) is 5.25. The van der Waals surface area contributed by atoms with E-state index in [1.54, 1.807) is 60.9 Å². The van der Waals surface area contributed by atoms with Crippen molar-refractivity contribution in [3.63, 3.8) is 0 Å². The van der Waals surface area contributed by atoms with Gasteiger partial charge in [-0.1, -0.05) is 30.3 Å². The van der Waals surface area contributed by atoms with Crippen molar-refractivity contribution in [1.82, 2.24) is 19.7 Å². The van der Waals surface area contributed by atoms with Crippen LogP contribution in [-0.2, 0) is 9.53 Å². The molecule has 0 fully saturated rings. The molecule has 1 amide bonds. The Morgan fingerprint density at radius 2 is 1.83 bits per heavy atom. The molecule has 0 spiro atoms. The normalized spacial score (nSPS) is 10.5. The van der Waals surface area contributed by atoms with Crippen molar-refractivity contribution in [3.8, 4) is 17.1 Å². The van der Waals surface area contributed by atoms with Gasteiger partial charge >= 0.3 is 5.97 Å². The number of rotatable bonds is 6. The molecule has 0 bridgehead atoms. The van der Waals surface area contributed by atoms with Crippen molar-refractivity contribution in [3.05, 3.63) is 89.0 Å². The molecular weight excluding hydrogens is 386 g/mol. The minimum absolute atomic E-state index is 0.202. The highest BCUT2D eigenvalue weighted by Gasteiger charge is 2.13. The summed E-state index contributed by atoms with van der Waals surface area (Å²) in [6.07, 6.45) is 3.34. The standard InChI is InChI=1S/C21H17N5O4/c27-18(24-17-12-19(28)26(25-17)16-4-2-1-3-5-16)13-30-21(29)15-8-6-14(7-9-15)20-22-10-11-23-20/h1-12,25H,13H2,(H,22,23)(H,24,27). The molecule has 0 aliphatic heterocycles. The summed E-state index contributed by atoms with van der Waals surface area (Å²) in [7, 11) is 0. The minimum Gasteiger partial charge on any atom is -0.452 e. The molecule has 0 aliphatic rings. The second kappa shape index (κ2) is 8.31. The molecule has 4 rings (SSSR count). The Hall–Kier alpha value is -4.40. The molecule has 3 N–H and O–H groups in total. The first-order valence-electron chi connectivity index (χ1n) is 9.04. The Balaban J connectivity index is 1.34. The lowest BCUT2D eigenvalue weighted by Crippen LogP contribution is -2.21. The Bertz CT molecular complexity index is 1210. The largest absolute Gasteiger partial charge is 0.452 e. The lowest BCUT2D eigenvalue weighted by atomic mass is 10.1. The van der Waals surface area contributed by atoms with Crippen LogP contribution < -0.4 is 10.9 Å². The molecule has 2 aromatic heterocycles. The van der Waals surface area contributed by atoms with Crippen LogP contribution in [0.15, 0.2) is 77.9 Å². The van der Waals surface area contributed by atoms with Crippen molar-refractivity contribution in [2.45, 2.75) is 0 Å². The SMILES string of the molecule is O=C(COC(=O)c1ccc(-c2ncc[nH]2)cc1)Nc1cc(=O)n(-c2ccccc2)[nH]1. The minimum atomic E-state index is -0.633. The average molecular weight is 403 g/mol. The third-order valence-electron chi connectivity index (χ3n) is 4.24. The predicted molar refractivity (Wildman–Crippen MR) is 109 cm³/mol. The van der Waals surface area contributed by atoms with Crippen molar-refractivity contribution < 1.29 is 14.3 Å². The van der Waals surface area contributed by atoms with E-state index in [-0.39, 0.29) is 11.4 Å². The van der Waals surface area contributed by atoms with Crippen LogP contribution in [0.5, 0.6) is 0 Å². The Morgan fingerprint density at radius 3 is 2.53 bits per heavy atom. The van der Waals surface area contributed by atoms with Gasteiger partial charge in [-0.25, -0.2) is 14.5 Å². The van der Waals surface area contributed by atoms with Crippen LogP contribution >= 0.6 is 0 Å². The number of imidazole rings is 1. The number of esters is 1. The molecule has 0 unspecified atom stereocenters. The zero-order valence-electron chi connectivity index (χ0n) is 15.7. The number of hydrogen-bond acceptors (Lipinski definition) is 5. The zero-order valence-corrected chi connectivity index (χ0v) is 15.7. The molecule has 0 atom stereocenters. The molecule has 2 aromatic carbocycles. The second-order valence-corrected chi connectivity index (χ2v) is 6.32. The third kappa shape index (κ3) is 4.20. The number of ether oxygens (including phenoxy) is 1. The number of aromatic nitrogens is 4. The first kappa shape index (κ1) is 18.9. The fourth-order valence-electron chi connectivity index (χ4n) is 2.82. The van der Waals surface area contributed by atoms with Gasteiger partial charge in [-0.3, -0.25) is 14.7 Å². The van der Waals surface area contributed by atoms with Crippen LogP contribution in [-0.4, -0.2) is 38.2 Å².